The largest absolute Gasteiger partial charge is 0.507 e. The Morgan fingerprint density at radius 1 is 1.40 bits per heavy atom. The van der Waals surface area contributed by atoms with Crippen LogP contribution in [0, 0.1) is 0 Å². The van der Waals surface area contributed by atoms with Crippen LogP contribution in [0.4, 0.5) is 0 Å². The van der Waals surface area contributed by atoms with E-state index in [1.807, 2.05) is 0 Å². The fourth-order valence-electron chi connectivity index (χ4n) is 1.13. The van der Waals surface area contributed by atoms with Gasteiger partial charge in [0.1, 0.15) is 5.75 Å². The van der Waals surface area contributed by atoms with E-state index in [1.165, 1.54) is 31.2 Å². The molecule has 0 aliphatic heterocycles. The summed E-state index contributed by atoms with van der Waals surface area (Å²) in [7, 11) is 0. The highest BCUT2D eigenvalue weighted by molar-refractivity contribution is 5.97. The van der Waals surface area contributed by atoms with Crippen LogP contribution in [0.25, 0.3) is 6.08 Å². The van der Waals surface area contributed by atoms with Gasteiger partial charge in [-0.1, -0.05) is 6.07 Å². The minimum atomic E-state index is -0.565. The molecule has 4 nitrogen and oxygen atoms in total. The van der Waals surface area contributed by atoms with Gasteiger partial charge in [-0.2, -0.15) is 0 Å². The number of aromatic hydroxyl groups is 1. The molecule has 0 saturated carbocycles. The molecule has 0 atom stereocenters. The van der Waals surface area contributed by atoms with Gasteiger partial charge in [0.25, 0.3) is 0 Å². The minimum absolute atomic E-state index is 0.103. The van der Waals surface area contributed by atoms with Crippen LogP contribution >= 0.6 is 0 Å². The molecule has 1 amide bonds. The maximum atomic E-state index is 11.0. The molecule has 78 valence electrons. The van der Waals surface area contributed by atoms with E-state index in [4.69, 9.17) is 5.73 Å². The van der Waals surface area contributed by atoms with Crippen molar-refractivity contribution in [3.63, 3.8) is 0 Å². The van der Waals surface area contributed by atoms with Gasteiger partial charge in [0.2, 0.25) is 5.91 Å². The standard InChI is InChI=1S/C11H11NO3/c1-7(13)9-4-2-8(6-10(9)14)3-5-11(12)15/h2-6,14H,1H3,(H2,12,15). The topological polar surface area (TPSA) is 80.4 Å². The van der Waals surface area contributed by atoms with Crippen molar-refractivity contribution in [3.8, 4) is 5.75 Å². The maximum Gasteiger partial charge on any atom is 0.241 e. The number of rotatable bonds is 3. The lowest BCUT2D eigenvalue weighted by Gasteiger charge is -2.01. The summed E-state index contributed by atoms with van der Waals surface area (Å²) >= 11 is 0. The number of carbonyl (C=O) groups excluding carboxylic acids is 2. The number of hydrogen-bond donors (Lipinski definition) is 2. The van der Waals surface area contributed by atoms with Crippen molar-refractivity contribution < 1.29 is 14.7 Å². The zero-order valence-electron chi connectivity index (χ0n) is 8.23. The average Bonchev–Trinajstić information content (AvgIpc) is 2.14. The molecule has 1 rings (SSSR count). The number of nitrogens with two attached hydrogens (primary N) is 1. The molecule has 0 aromatic heterocycles. The molecule has 0 heterocycles. The third-order valence-corrected chi connectivity index (χ3v) is 1.84. The van der Waals surface area contributed by atoms with Gasteiger partial charge in [0.05, 0.1) is 5.56 Å². The zero-order chi connectivity index (χ0) is 11.4. The first-order valence-corrected chi connectivity index (χ1v) is 4.32. The van der Waals surface area contributed by atoms with Crippen LogP contribution in [0.3, 0.4) is 0 Å². The molecule has 1 aromatic rings. The first-order chi connectivity index (χ1) is 7.00. The third kappa shape index (κ3) is 2.95. The molecule has 0 aliphatic carbocycles. The van der Waals surface area contributed by atoms with E-state index in [-0.39, 0.29) is 17.1 Å². The summed E-state index contributed by atoms with van der Waals surface area (Å²) in [5.74, 6) is -0.878. The lowest BCUT2D eigenvalue weighted by Crippen LogP contribution is -2.05. The monoisotopic (exact) mass is 205 g/mol. The molecule has 15 heavy (non-hydrogen) atoms. The summed E-state index contributed by atoms with van der Waals surface area (Å²) in [6.07, 6.45) is 2.65. The predicted molar refractivity (Wildman–Crippen MR) is 56.3 cm³/mol. The van der Waals surface area contributed by atoms with Gasteiger partial charge >= 0.3 is 0 Å². The van der Waals surface area contributed by atoms with Gasteiger partial charge in [-0.15, -0.1) is 0 Å². The van der Waals surface area contributed by atoms with Crippen LogP contribution in [0.15, 0.2) is 24.3 Å². The Morgan fingerprint density at radius 2 is 2.07 bits per heavy atom. The summed E-state index contributed by atoms with van der Waals surface area (Å²) < 4.78 is 0. The van der Waals surface area contributed by atoms with Crippen LogP contribution in [0.2, 0.25) is 0 Å². The fraction of sp³-hybridized carbons (Fsp3) is 0.0909. The number of ketones is 1. The van der Waals surface area contributed by atoms with Crippen molar-refractivity contribution in [1.29, 1.82) is 0 Å². The van der Waals surface area contributed by atoms with Crippen molar-refractivity contribution in [2.24, 2.45) is 5.73 Å². The molecule has 3 N–H and O–H groups in total. The van der Waals surface area contributed by atoms with E-state index < -0.39 is 5.91 Å². The van der Waals surface area contributed by atoms with E-state index in [1.54, 1.807) is 6.07 Å². The van der Waals surface area contributed by atoms with Crippen LogP contribution in [0.1, 0.15) is 22.8 Å². The smallest absolute Gasteiger partial charge is 0.241 e. The Kier molecular flexibility index (Phi) is 3.23. The van der Waals surface area contributed by atoms with Crippen molar-refractivity contribution in [2.45, 2.75) is 6.92 Å². The summed E-state index contributed by atoms with van der Waals surface area (Å²) in [5, 5.41) is 9.46. The highest BCUT2D eigenvalue weighted by Gasteiger charge is 2.05. The Labute approximate surface area is 87.0 Å². The SMILES string of the molecule is CC(=O)c1ccc(C=CC(N)=O)cc1O. The lowest BCUT2D eigenvalue weighted by atomic mass is 10.1. The number of benzene rings is 1. The Bertz CT molecular complexity index is 435. The molecule has 0 spiro atoms. The summed E-state index contributed by atoms with van der Waals surface area (Å²) in [6.45, 7) is 1.37. The maximum absolute atomic E-state index is 11.0. The number of hydrogen-bond acceptors (Lipinski definition) is 3. The highest BCUT2D eigenvalue weighted by atomic mass is 16.3. The molecule has 0 bridgehead atoms. The molecule has 0 aliphatic rings. The van der Waals surface area contributed by atoms with Gasteiger partial charge in [-0.05, 0) is 30.7 Å². The molecule has 1 aromatic carbocycles. The second-order valence-electron chi connectivity index (χ2n) is 3.07. The molecule has 4 heteroatoms. The first-order valence-electron chi connectivity index (χ1n) is 4.32. The van der Waals surface area contributed by atoms with E-state index in [9.17, 15) is 14.7 Å². The van der Waals surface area contributed by atoms with E-state index >= 15 is 0 Å². The number of primary amides is 1. The molecule has 0 unspecified atom stereocenters. The lowest BCUT2D eigenvalue weighted by molar-refractivity contribution is -0.113. The summed E-state index contributed by atoms with van der Waals surface area (Å²) in [6, 6.07) is 4.52. The van der Waals surface area contributed by atoms with E-state index in [0.29, 0.717) is 5.56 Å². The second-order valence-corrected chi connectivity index (χ2v) is 3.07. The van der Waals surface area contributed by atoms with Gasteiger partial charge in [-0.3, -0.25) is 9.59 Å². The van der Waals surface area contributed by atoms with Crippen molar-refractivity contribution in [1.82, 2.24) is 0 Å². The van der Waals surface area contributed by atoms with Gasteiger partial charge in [-0.25, -0.2) is 0 Å². The van der Waals surface area contributed by atoms with Gasteiger partial charge in [0, 0.05) is 6.08 Å². The number of amides is 1. The first kappa shape index (κ1) is 11.0. The zero-order valence-corrected chi connectivity index (χ0v) is 8.23. The van der Waals surface area contributed by atoms with Gasteiger partial charge in [0.15, 0.2) is 5.78 Å². The summed E-state index contributed by atoms with van der Waals surface area (Å²) in [4.78, 5) is 21.4. The van der Waals surface area contributed by atoms with Crippen molar-refractivity contribution in [2.75, 3.05) is 0 Å². The van der Waals surface area contributed by atoms with Crippen LogP contribution in [-0.4, -0.2) is 16.8 Å². The number of phenols is 1. The second kappa shape index (κ2) is 4.41. The van der Waals surface area contributed by atoms with Crippen LogP contribution in [0.5, 0.6) is 5.75 Å². The van der Waals surface area contributed by atoms with Crippen molar-refractivity contribution in [3.05, 3.63) is 35.4 Å². The Balaban J connectivity index is 3.01. The molecular weight excluding hydrogens is 194 g/mol. The average molecular weight is 205 g/mol. The number of carbonyl (C=O) groups is 2. The third-order valence-electron chi connectivity index (χ3n) is 1.84. The number of phenolic OH excluding ortho intramolecular Hbond substituents is 1. The Morgan fingerprint density at radius 3 is 2.53 bits per heavy atom. The molecule has 0 saturated heterocycles. The van der Waals surface area contributed by atoms with Crippen LogP contribution in [-0.2, 0) is 4.79 Å². The van der Waals surface area contributed by atoms with E-state index in [0.717, 1.165) is 0 Å². The predicted octanol–water partition coefficient (Wildman–Crippen LogP) is 1.09. The van der Waals surface area contributed by atoms with Crippen molar-refractivity contribution >= 4 is 17.8 Å². The summed E-state index contributed by atoms with van der Waals surface area (Å²) in [5.41, 5.74) is 5.78. The van der Waals surface area contributed by atoms with E-state index in [2.05, 4.69) is 0 Å². The highest BCUT2D eigenvalue weighted by Crippen LogP contribution is 2.19. The normalized spacial score (nSPS) is 10.5. The molecule has 0 radical (unpaired) electrons. The fourth-order valence-corrected chi connectivity index (χ4v) is 1.13. The quantitative estimate of drug-likeness (QED) is 0.572. The van der Waals surface area contributed by atoms with Gasteiger partial charge < -0.3 is 10.8 Å². The molecular formula is C11H11NO3. The minimum Gasteiger partial charge on any atom is -0.507 e. The number of Topliss-reactive ketones (excluding diaryl/α,β-unsaturated/α-hetero) is 1. The Hall–Kier alpha value is -2.10. The molecule has 0 fully saturated rings. The van der Waals surface area contributed by atoms with Crippen LogP contribution < -0.4 is 5.73 Å².